The quantitative estimate of drug-likeness (QED) is 0.722. The van der Waals surface area contributed by atoms with E-state index >= 15 is 0 Å². The van der Waals surface area contributed by atoms with Gasteiger partial charge in [0.2, 0.25) is 5.71 Å². The number of furan rings is 1. The molecule has 0 atom stereocenters. The summed E-state index contributed by atoms with van der Waals surface area (Å²) in [6, 6.07) is 1.74. The summed E-state index contributed by atoms with van der Waals surface area (Å²) in [4.78, 5) is 7.68. The highest BCUT2D eigenvalue weighted by Gasteiger charge is 2.04. The van der Waals surface area contributed by atoms with Crippen molar-refractivity contribution in [1.82, 2.24) is 9.97 Å². The Morgan fingerprint density at radius 2 is 2.27 bits per heavy atom. The van der Waals surface area contributed by atoms with E-state index < -0.39 is 0 Å². The molecule has 11 heavy (non-hydrogen) atoms. The van der Waals surface area contributed by atoms with E-state index in [0.29, 0.717) is 16.2 Å². The lowest BCUT2D eigenvalue weighted by atomic mass is 10.4. The largest absolute Gasteiger partial charge is 0.431 e. The van der Waals surface area contributed by atoms with Gasteiger partial charge in [-0.15, -0.1) is 0 Å². The van der Waals surface area contributed by atoms with Crippen molar-refractivity contribution in [3.8, 4) is 0 Å². The van der Waals surface area contributed by atoms with Crippen LogP contribution in [0, 0.1) is 0 Å². The Labute approximate surface area is 70.6 Å². The number of nitrogen functional groups attached to an aromatic ring is 1. The highest BCUT2D eigenvalue weighted by Crippen LogP contribution is 2.23. The third kappa shape index (κ3) is 0.970. The van der Waals surface area contributed by atoms with Crippen molar-refractivity contribution in [3.63, 3.8) is 0 Å². The summed E-state index contributed by atoms with van der Waals surface area (Å²) >= 11 is 3.17. The molecule has 4 nitrogen and oxygen atoms in total. The fourth-order valence-electron chi connectivity index (χ4n) is 0.844. The maximum Gasteiger partial charge on any atom is 0.232 e. The van der Waals surface area contributed by atoms with Crippen molar-refractivity contribution in [1.29, 1.82) is 0 Å². The Morgan fingerprint density at radius 3 is 3.00 bits per heavy atom. The van der Waals surface area contributed by atoms with Gasteiger partial charge >= 0.3 is 0 Å². The molecule has 56 valence electrons. The highest BCUT2D eigenvalue weighted by atomic mass is 79.9. The molecule has 0 aromatic carbocycles. The minimum atomic E-state index is 0.435. The Kier molecular flexibility index (Phi) is 1.32. The van der Waals surface area contributed by atoms with Crippen LogP contribution in [0.2, 0.25) is 0 Å². The minimum absolute atomic E-state index is 0.435. The number of hydrogen-bond acceptors (Lipinski definition) is 4. The van der Waals surface area contributed by atoms with Crippen LogP contribution in [-0.4, -0.2) is 9.97 Å². The molecule has 0 amide bonds. The number of fused-ring (bicyclic) bond motifs is 1. The number of hydrogen-bond donors (Lipinski definition) is 1. The van der Waals surface area contributed by atoms with Crippen molar-refractivity contribution < 1.29 is 4.42 Å². The van der Waals surface area contributed by atoms with Gasteiger partial charge in [0.15, 0.2) is 4.67 Å². The average molecular weight is 214 g/mol. The van der Waals surface area contributed by atoms with Gasteiger partial charge < -0.3 is 10.2 Å². The average Bonchev–Trinajstić information content (AvgIpc) is 2.31. The molecule has 0 bridgehead atoms. The van der Waals surface area contributed by atoms with Crippen molar-refractivity contribution in [2.75, 3.05) is 5.73 Å². The topological polar surface area (TPSA) is 64.9 Å². The number of rotatable bonds is 0. The maximum absolute atomic E-state index is 5.54. The van der Waals surface area contributed by atoms with Crippen LogP contribution in [0.15, 0.2) is 21.5 Å². The third-order valence-corrected chi connectivity index (χ3v) is 1.72. The minimum Gasteiger partial charge on any atom is -0.431 e. The molecule has 2 N–H and O–H groups in total. The second kappa shape index (κ2) is 2.20. The zero-order valence-corrected chi connectivity index (χ0v) is 7.00. The van der Waals surface area contributed by atoms with E-state index in [9.17, 15) is 0 Å². The zero-order valence-electron chi connectivity index (χ0n) is 5.41. The highest BCUT2D eigenvalue weighted by molar-refractivity contribution is 9.10. The zero-order chi connectivity index (χ0) is 7.84. The van der Waals surface area contributed by atoms with Crippen LogP contribution < -0.4 is 5.73 Å². The van der Waals surface area contributed by atoms with Crippen molar-refractivity contribution >= 4 is 32.8 Å². The fourth-order valence-corrected chi connectivity index (χ4v) is 1.23. The molecule has 5 heteroatoms. The Morgan fingerprint density at radius 1 is 1.45 bits per heavy atom. The van der Waals surface area contributed by atoms with Crippen LogP contribution in [0.25, 0.3) is 11.1 Å². The molecule has 0 radical (unpaired) electrons. The van der Waals surface area contributed by atoms with Crippen LogP contribution in [0.4, 0.5) is 5.82 Å². The van der Waals surface area contributed by atoms with Crippen LogP contribution in [-0.2, 0) is 0 Å². The molecule has 0 saturated heterocycles. The van der Waals surface area contributed by atoms with Gasteiger partial charge in [-0.05, 0) is 15.9 Å². The number of halogens is 1. The fraction of sp³-hybridized carbons (Fsp3) is 0. The summed E-state index contributed by atoms with van der Waals surface area (Å²) in [7, 11) is 0. The lowest BCUT2D eigenvalue weighted by molar-refractivity contribution is 0.575. The van der Waals surface area contributed by atoms with E-state index in [4.69, 9.17) is 10.2 Å². The Bertz CT molecular complexity index is 398. The van der Waals surface area contributed by atoms with Crippen LogP contribution in [0.5, 0.6) is 0 Å². The molecule has 2 aromatic rings. The van der Waals surface area contributed by atoms with Gasteiger partial charge in [-0.25, -0.2) is 9.97 Å². The smallest absolute Gasteiger partial charge is 0.232 e. The first-order chi connectivity index (χ1) is 5.27. The predicted octanol–water partition coefficient (Wildman–Crippen LogP) is 1.57. The van der Waals surface area contributed by atoms with E-state index in [1.807, 2.05) is 0 Å². The number of nitrogens with zero attached hydrogens (tertiary/aromatic N) is 2. The van der Waals surface area contributed by atoms with Gasteiger partial charge in [0.25, 0.3) is 0 Å². The summed E-state index contributed by atoms with van der Waals surface area (Å²) in [5.41, 5.74) is 6.04. The normalized spacial score (nSPS) is 10.6. The molecule has 2 heterocycles. The SMILES string of the molecule is Nc1ncnc2oc(Br)cc12. The van der Waals surface area contributed by atoms with Gasteiger partial charge in [0.05, 0.1) is 5.39 Å². The van der Waals surface area contributed by atoms with Crippen molar-refractivity contribution in [2.24, 2.45) is 0 Å². The van der Waals surface area contributed by atoms with Gasteiger partial charge in [-0.1, -0.05) is 0 Å². The first-order valence-electron chi connectivity index (χ1n) is 2.93. The summed E-state index contributed by atoms with van der Waals surface area (Å²) in [6.07, 6.45) is 1.37. The van der Waals surface area contributed by atoms with Gasteiger partial charge in [0, 0.05) is 6.07 Å². The van der Waals surface area contributed by atoms with Gasteiger partial charge in [0.1, 0.15) is 12.1 Å². The van der Waals surface area contributed by atoms with E-state index in [1.165, 1.54) is 6.33 Å². The molecule has 0 saturated carbocycles. The number of nitrogens with two attached hydrogens (primary N) is 1. The van der Waals surface area contributed by atoms with E-state index in [-0.39, 0.29) is 0 Å². The van der Waals surface area contributed by atoms with Gasteiger partial charge in [-0.2, -0.15) is 0 Å². The molecular formula is C6H4BrN3O. The Balaban J connectivity index is 2.90. The van der Waals surface area contributed by atoms with Crippen molar-refractivity contribution in [2.45, 2.75) is 0 Å². The molecule has 0 aliphatic heterocycles. The molecule has 2 aromatic heterocycles. The van der Waals surface area contributed by atoms with E-state index in [2.05, 4.69) is 25.9 Å². The van der Waals surface area contributed by atoms with Crippen LogP contribution >= 0.6 is 15.9 Å². The number of anilines is 1. The molecule has 0 aliphatic carbocycles. The molecular weight excluding hydrogens is 210 g/mol. The first-order valence-corrected chi connectivity index (χ1v) is 3.72. The van der Waals surface area contributed by atoms with Crippen molar-refractivity contribution in [3.05, 3.63) is 17.1 Å². The molecule has 0 fully saturated rings. The molecule has 0 aliphatic rings. The summed E-state index contributed by atoms with van der Waals surface area (Å²) in [5, 5.41) is 0.736. The third-order valence-electron chi connectivity index (χ3n) is 1.33. The van der Waals surface area contributed by atoms with Crippen LogP contribution in [0.3, 0.4) is 0 Å². The van der Waals surface area contributed by atoms with E-state index in [0.717, 1.165) is 5.39 Å². The second-order valence-electron chi connectivity index (χ2n) is 2.03. The molecule has 0 spiro atoms. The molecule has 0 unspecified atom stereocenters. The summed E-state index contributed by atoms with van der Waals surface area (Å²) in [5.74, 6) is 0.435. The summed E-state index contributed by atoms with van der Waals surface area (Å²) < 4.78 is 5.75. The maximum atomic E-state index is 5.54. The van der Waals surface area contributed by atoms with E-state index in [1.54, 1.807) is 6.07 Å². The lowest BCUT2D eigenvalue weighted by Crippen LogP contribution is -1.89. The molecule has 2 rings (SSSR count). The summed E-state index contributed by atoms with van der Waals surface area (Å²) in [6.45, 7) is 0. The predicted molar refractivity (Wildman–Crippen MR) is 43.9 cm³/mol. The monoisotopic (exact) mass is 213 g/mol. The first kappa shape index (κ1) is 6.60. The van der Waals surface area contributed by atoms with Gasteiger partial charge in [-0.3, -0.25) is 0 Å². The lowest BCUT2D eigenvalue weighted by Gasteiger charge is -1.88. The number of aromatic nitrogens is 2. The Hall–Kier alpha value is -1.10. The van der Waals surface area contributed by atoms with Crippen LogP contribution in [0.1, 0.15) is 0 Å². The second-order valence-corrected chi connectivity index (χ2v) is 2.81. The standard InChI is InChI=1S/C6H4BrN3O/c7-4-1-3-5(8)9-2-10-6(3)11-4/h1-2H,(H2,8,9,10).